The van der Waals surface area contributed by atoms with Crippen LogP contribution in [0.15, 0.2) is 42.5 Å². The first-order chi connectivity index (χ1) is 19.3. The highest BCUT2D eigenvalue weighted by Crippen LogP contribution is 2.22. The standard InChI is InChI=1S/C16H24O4.C16H22O4/c17-15(19-13-7-3-1-4-8-13)11-12-16(18)20-14-9-5-2-6-10-14;1-4-8-14(15(17)19-11-12(2)3)16(18)20-13-9-6-5-7-10-13/h11-14H,1-10H2;5-7,9-10,12,14H,4,8,11H2,1-3H3/b12-11-;. The van der Waals surface area contributed by atoms with Crippen LogP contribution in [-0.4, -0.2) is 42.7 Å². The third-order valence-electron chi connectivity index (χ3n) is 6.69. The lowest BCUT2D eigenvalue weighted by Crippen LogP contribution is -2.30. The molecule has 0 aromatic heterocycles. The summed E-state index contributed by atoms with van der Waals surface area (Å²) < 4.78 is 21.0. The van der Waals surface area contributed by atoms with Crippen LogP contribution < -0.4 is 4.74 Å². The molecule has 0 saturated heterocycles. The van der Waals surface area contributed by atoms with Crippen molar-refractivity contribution in [3.05, 3.63) is 42.5 Å². The zero-order chi connectivity index (χ0) is 29.2. The van der Waals surface area contributed by atoms with E-state index >= 15 is 0 Å². The summed E-state index contributed by atoms with van der Waals surface area (Å²) >= 11 is 0. The number of carbonyl (C=O) groups excluding carboxylic acids is 4. The van der Waals surface area contributed by atoms with Gasteiger partial charge < -0.3 is 18.9 Å². The number of hydrogen-bond donors (Lipinski definition) is 0. The van der Waals surface area contributed by atoms with Crippen molar-refractivity contribution in [2.75, 3.05) is 6.61 Å². The van der Waals surface area contributed by atoms with E-state index in [4.69, 9.17) is 18.9 Å². The number of carbonyl (C=O) groups is 4. The second kappa shape index (κ2) is 19.0. The molecule has 0 amide bonds. The Bertz CT molecular complexity index is 893. The zero-order valence-corrected chi connectivity index (χ0v) is 24.3. The molecule has 0 spiro atoms. The van der Waals surface area contributed by atoms with Crippen molar-refractivity contribution in [1.82, 2.24) is 0 Å². The summed E-state index contributed by atoms with van der Waals surface area (Å²) in [5.41, 5.74) is 0. The van der Waals surface area contributed by atoms with Gasteiger partial charge in [-0.05, 0) is 75.8 Å². The molecule has 2 aliphatic rings. The molecule has 8 nitrogen and oxygen atoms in total. The highest BCUT2D eigenvalue weighted by atomic mass is 16.6. The van der Waals surface area contributed by atoms with Crippen LogP contribution in [0.5, 0.6) is 5.75 Å². The summed E-state index contributed by atoms with van der Waals surface area (Å²) in [7, 11) is 0. The van der Waals surface area contributed by atoms with Crippen molar-refractivity contribution >= 4 is 23.9 Å². The van der Waals surface area contributed by atoms with E-state index in [1.165, 1.54) is 25.0 Å². The lowest BCUT2D eigenvalue weighted by atomic mass is 9.98. The molecule has 0 heterocycles. The summed E-state index contributed by atoms with van der Waals surface area (Å²) in [5, 5.41) is 0. The Morgan fingerprint density at radius 1 is 0.775 bits per heavy atom. The average molecular weight is 559 g/mol. The van der Waals surface area contributed by atoms with Gasteiger partial charge in [0.1, 0.15) is 18.0 Å². The second-order valence-corrected chi connectivity index (χ2v) is 10.8. The minimum Gasteiger partial charge on any atom is -0.465 e. The lowest BCUT2D eigenvalue weighted by molar-refractivity contribution is -0.158. The zero-order valence-electron chi connectivity index (χ0n) is 24.3. The number of ether oxygens (including phenoxy) is 4. The number of esters is 4. The molecule has 2 saturated carbocycles. The van der Waals surface area contributed by atoms with Gasteiger partial charge in [0.05, 0.1) is 6.61 Å². The van der Waals surface area contributed by atoms with Crippen molar-refractivity contribution in [3.8, 4) is 5.75 Å². The first-order valence-electron chi connectivity index (χ1n) is 14.8. The molecule has 222 valence electrons. The summed E-state index contributed by atoms with van der Waals surface area (Å²) in [5.74, 6) is -2.08. The molecule has 0 radical (unpaired) electrons. The maximum Gasteiger partial charge on any atom is 0.331 e. The van der Waals surface area contributed by atoms with E-state index in [1.54, 1.807) is 24.3 Å². The van der Waals surface area contributed by atoms with Crippen LogP contribution in [0.1, 0.15) is 97.8 Å². The Hall–Kier alpha value is -3.16. The summed E-state index contributed by atoms with van der Waals surface area (Å²) in [6.45, 7) is 6.13. The molecule has 8 heteroatoms. The summed E-state index contributed by atoms with van der Waals surface area (Å²) in [4.78, 5) is 47.2. The second-order valence-electron chi connectivity index (χ2n) is 10.8. The molecule has 40 heavy (non-hydrogen) atoms. The molecule has 2 aliphatic carbocycles. The summed E-state index contributed by atoms with van der Waals surface area (Å²) in [6.07, 6.45) is 14.2. The van der Waals surface area contributed by atoms with E-state index in [0.717, 1.165) is 51.4 Å². The Balaban J connectivity index is 0.000000280. The fourth-order valence-corrected chi connectivity index (χ4v) is 4.55. The predicted molar refractivity (Wildman–Crippen MR) is 151 cm³/mol. The van der Waals surface area contributed by atoms with Crippen molar-refractivity contribution in [2.45, 2.75) is 110 Å². The van der Waals surface area contributed by atoms with Crippen molar-refractivity contribution in [3.63, 3.8) is 0 Å². The van der Waals surface area contributed by atoms with Crippen LogP contribution in [0.3, 0.4) is 0 Å². The third-order valence-corrected chi connectivity index (χ3v) is 6.69. The molecule has 0 bridgehead atoms. The largest absolute Gasteiger partial charge is 0.465 e. The number of benzene rings is 1. The minimum atomic E-state index is -0.848. The van der Waals surface area contributed by atoms with Gasteiger partial charge in [-0.3, -0.25) is 9.59 Å². The highest BCUT2D eigenvalue weighted by molar-refractivity contribution is 5.95. The van der Waals surface area contributed by atoms with Crippen molar-refractivity contribution < 1.29 is 38.1 Å². The van der Waals surface area contributed by atoms with Gasteiger partial charge >= 0.3 is 23.9 Å². The van der Waals surface area contributed by atoms with Crippen LogP contribution >= 0.6 is 0 Å². The van der Waals surface area contributed by atoms with Crippen LogP contribution in [0.2, 0.25) is 0 Å². The normalized spacial score (nSPS) is 16.9. The van der Waals surface area contributed by atoms with Gasteiger partial charge in [-0.15, -0.1) is 0 Å². The van der Waals surface area contributed by atoms with Gasteiger partial charge in [-0.1, -0.05) is 58.2 Å². The fraction of sp³-hybridized carbons (Fsp3) is 0.625. The first kappa shape index (κ1) is 33.0. The fourth-order valence-electron chi connectivity index (χ4n) is 4.55. The molecule has 3 rings (SSSR count). The molecular formula is C32H46O8. The van der Waals surface area contributed by atoms with Gasteiger partial charge in [-0.2, -0.15) is 0 Å². The van der Waals surface area contributed by atoms with E-state index in [-0.39, 0.29) is 18.1 Å². The number of hydrogen-bond acceptors (Lipinski definition) is 8. The van der Waals surface area contributed by atoms with Crippen molar-refractivity contribution in [1.29, 1.82) is 0 Å². The third kappa shape index (κ3) is 13.8. The van der Waals surface area contributed by atoms with E-state index < -0.39 is 29.8 Å². The highest BCUT2D eigenvalue weighted by Gasteiger charge is 2.29. The van der Waals surface area contributed by atoms with Crippen LogP contribution in [0.4, 0.5) is 0 Å². The van der Waals surface area contributed by atoms with Gasteiger partial charge in [0.25, 0.3) is 0 Å². The van der Waals surface area contributed by atoms with Gasteiger partial charge in [0.15, 0.2) is 5.92 Å². The monoisotopic (exact) mass is 558 g/mol. The van der Waals surface area contributed by atoms with Crippen LogP contribution in [0, 0.1) is 11.8 Å². The topological polar surface area (TPSA) is 105 Å². The number of para-hydroxylation sites is 1. The minimum absolute atomic E-state index is 0.0234. The molecule has 1 aromatic rings. The first-order valence-corrected chi connectivity index (χ1v) is 14.8. The van der Waals surface area contributed by atoms with E-state index in [9.17, 15) is 19.2 Å². The maximum atomic E-state index is 12.1. The predicted octanol–water partition coefficient (Wildman–Crippen LogP) is 6.50. The Morgan fingerprint density at radius 3 is 1.73 bits per heavy atom. The lowest BCUT2D eigenvalue weighted by Gasteiger charge is -2.21. The van der Waals surface area contributed by atoms with Gasteiger partial charge in [-0.25, -0.2) is 9.59 Å². The van der Waals surface area contributed by atoms with Gasteiger partial charge in [0, 0.05) is 12.2 Å². The Kier molecular flexibility index (Phi) is 15.7. The van der Waals surface area contributed by atoms with Crippen molar-refractivity contribution in [2.24, 2.45) is 11.8 Å². The molecule has 2 fully saturated rings. The summed E-state index contributed by atoms with van der Waals surface area (Å²) in [6, 6.07) is 8.74. The van der Waals surface area contributed by atoms with E-state index in [1.807, 2.05) is 26.8 Å². The Labute approximate surface area is 238 Å². The molecule has 1 unspecified atom stereocenters. The average Bonchev–Trinajstić information content (AvgIpc) is 2.95. The SMILES string of the molecule is CCCC(C(=O)OCC(C)C)C(=O)Oc1ccccc1.O=C(/C=C\C(=O)OC1CCCCC1)OC1CCCCC1. The quantitative estimate of drug-likeness (QED) is 0.0996. The molecular weight excluding hydrogens is 512 g/mol. The van der Waals surface area contributed by atoms with E-state index in [0.29, 0.717) is 25.2 Å². The maximum absolute atomic E-state index is 12.1. The van der Waals surface area contributed by atoms with Crippen LogP contribution in [-0.2, 0) is 33.4 Å². The smallest absolute Gasteiger partial charge is 0.331 e. The number of rotatable bonds is 11. The van der Waals surface area contributed by atoms with E-state index in [2.05, 4.69) is 0 Å². The Morgan fingerprint density at radius 2 is 1.27 bits per heavy atom. The van der Waals surface area contributed by atoms with Gasteiger partial charge in [0.2, 0.25) is 0 Å². The molecule has 0 N–H and O–H groups in total. The molecule has 0 aliphatic heterocycles. The molecule has 1 aromatic carbocycles. The molecule has 1 atom stereocenters. The van der Waals surface area contributed by atoms with Crippen LogP contribution in [0.25, 0.3) is 0 Å².